The molecule has 0 spiro atoms. The third kappa shape index (κ3) is 93.3. The van der Waals surface area contributed by atoms with Gasteiger partial charge in [0.15, 0.2) is 0 Å². The van der Waals surface area contributed by atoms with Crippen LogP contribution in [0.25, 0.3) is 0 Å². The van der Waals surface area contributed by atoms with Crippen LogP contribution in [0.2, 0.25) is 0 Å². The molecule has 9 heavy (non-hydrogen) atoms. The summed E-state index contributed by atoms with van der Waals surface area (Å²) in [4.78, 5) is 21.6. The van der Waals surface area contributed by atoms with Gasteiger partial charge in [-0.15, -0.1) is 0 Å². The maximum atomic E-state index is 8.88. The van der Waals surface area contributed by atoms with Crippen LogP contribution in [0.4, 0.5) is 0 Å². The van der Waals surface area contributed by atoms with E-state index in [1.807, 2.05) is 0 Å². The van der Waals surface area contributed by atoms with Gasteiger partial charge in [-0.3, -0.25) is 0 Å². The minimum atomic E-state index is -4.64. The van der Waals surface area contributed by atoms with E-state index in [9.17, 15) is 0 Å². The number of phosphoric acid groups is 1. The van der Waals surface area contributed by atoms with Gasteiger partial charge in [-0.25, -0.2) is 4.57 Å². The standard InChI is InChI=1S/4Mg.H3O4P/c;;;;1-5(2,3)4/h;;;;(H3,1,2,3,4)/q4*+2;. The predicted octanol–water partition coefficient (Wildman–Crippen LogP) is -2.45. The maximum absolute atomic E-state index is 8.88. The fraction of sp³-hybridized carbons (Fsp3) is 0. The van der Waals surface area contributed by atoms with Crippen molar-refractivity contribution >= 4 is 100 Å². The minimum absolute atomic E-state index is 0. The van der Waals surface area contributed by atoms with E-state index >= 15 is 0 Å². The van der Waals surface area contributed by atoms with Crippen LogP contribution in [0, 0.1) is 0 Å². The van der Waals surface area contributed by atoms with Crippen molar-refractivity contribution in [1.82, 2.24) is 0 Å². The number of rotatable bonds is 0. The minimum Gasteiger partial charge on any atom is -0.303 e. The van der Waals surface area contributed by atoms with Gasteiger partial charge in [-0.2, -0.15) is 0 Å². The average molecular weight is 195 g/mol. The van der Waals surface area contributed by atoms with Gasteiger partial charge in [-0.05, 0) is 0 Å². The second-order valence-electron chi connectivity index (χ2n) is 0.513. The Morgan fingerprint density at radius 1 is 0.778 bits per heavy atom. The molecule has 9 heteroatoms. The van der Waals surface area contributed by atoms with E-state index in [1.54, 1.807) is 0 Å². The molecule has 0 aromatic heterocycles. The summed E-state index contributed by atoms with van der Waals surface area (Å²) < 4.78 is 8.88. The van der Waals surface area contributed by atoms with Crippen LogP contribution in [-0.2, 0) is 4.57 Å². The first-order valence-electron chi connectivity index (χ1n) is 0.783. The Kier molecular flexibility index (Phi) is 45.1. The average Bonchev–Trinajstić information content (AvgIpc) is 0.722. The van der Waals surface area contributed by atoms with Crippen molar-refractivity contribution in [3.63, 3.8) is 0 Å². The zero-order valence-electron chi connectivity index (χ0n) is 5.03. The van der Waals surface area contributed by atoms with Gasteiger partial charge >= 0.3 is 100 Å². The van der Waals surface area contributed by atoms with Gasteiger partial charge in [0.1, 0.15) is 0 Å². The van der Waals surface area contributed by atoms with Gasteiger partial charge in [0.25, 0.3) is 0 Å². The van der Waals surface area contributed by atoms with Crippen molar-refractivity contribution in [1.29, 1.82) is 0 Å². The first-order valence-corrected chi connectivity index (χ1v) is 2.35. The summed E-state index contributed by atoms with van der Waals surface area (Å²) in [6, 6.07) is 0. The van der Waals surface area contributed by atoms with Crippen LogP contribution >= 0.6 is 7.82 Å². The van der Waals surface area contributed by atoms with Crippen LogP contribution in [0.15, 0.2) is 0 Å². The summed E-state index contributed by atoms with van der Waals surface area (Å²) in [6.45, 7) is 0. The Morgan fingerprint density at radius 2 is 0.778 bits per heavy atom. The van der Waals surface area contributed by atoms with E-state index in [0.29, 0.717) is 0 Å². The Balaban J connectivity index is -0.0000000133. The van der Waals surface area contributed by atoms with Gasteiger partial charge in [-0.1, -0.05) is 0 Å². The fourth-order valence-corrected chi connectivity index (χ4v) is 0. The smallest absolute Gasteiger partial charge is 0.303 e. The molecule has 0 saturated heterocycles. The first kappa shape index (κ1) is 29.5. The van der Waals surface area contributed by atoms with Gasteiger partial charge in [0.05, 0.1) is 0 Å². The van der Waals surface area contributed by atoms with Gasteiger partial charge in [0.2, 0.25) is 0 Å². The molecule has 0 aliphatic carbocycles. The maximum Gasteiger partial charge on any atom is 2.00 e. The zero-order chi connectivity index (χ0) is 4.50. The molecule has 3 N–H and O–H groups in total. The topological polar surface area (TPSA) is 77.8 Å². The molecular formula is H3Mg4O4P+8. The van der Waals surface area contributed by atoms with Crippen molar-refractivity contribution < 1.29 is 19.2 Å². The van der Waals surface area contributed by atoms with Crippen LogP contribution < -0.4 is 0 Å². The zero-order valence-corrected chi connectivity index (χ0v) is 11.6. The van der Waals surface area contributed by atoms with Crippen LogP contribution in [0.3, 0.4) is 0 Å². The monoisotopic (exact) mass is 194 g/mol. The molecule has 0 fully saturated rings. The summed E-state index contributed by atoms with van der Waals surface area (Å²) in [5, 5.41) is 0. The normalized spacial score (nSPS) is 6.56. The van der Waals surface area contributed by atoms with Crippen LogP contribution in [0.5, 0.6) is 0 Å². The van der Waals surface area contributed by atoms with Crippen molar-refractivity contribution in [2.75, 3.05) is 0 Å². The summed E-state index contributed by atoms with van der Waals surface area (Å²) in [5.41, 5.74) is 0. The second-order valence-corrected chi connectivity index (χ2v) is 1.54. The van der Waals surface area contributed by atoms with E-state index in [-0.39, 0.29) is 92.2 Å². The van der Waals surface area contributed by atoms with Gasteiger partial charge in [0, 0.05) is 0 Å². The SMILES string of the molecule is O=P(O)(O)O.[Mg+2].[Mg+2].[Mg+2].[Mg+2]. The number of hydrogen-bond donors (Lipinski definition) is 3. The third-order valence-electron chi connectivity index (χ3n) is 0. The van der Waals surface area contributed by atoms with Crippen molar-refractivity contribution in [2.24, 2.45) is 0 Å². The van der Waals surface area contributed by atoms with Gasteiger partial charge < -0.3 is 14.7 Å². The van der Waals surface area contributed by atoms with E-state index in [0.717, 1.165) is 0 Å². The molecular weight excluding hydrogens is 192 g/mol. The van der Waals surface area contributed by atoms with Crippen molar-refractivity contribution in [3.8, 4) is 0 Å². The summed E-state index contributed by atoms with van der Waals surface area (Å²) >= 11 is 0. The molecule has 0 rings (SSSR count). The molecule has 0 unspecified atom stereocenters. The van der Waals surface area contributed by atoms with Crippen molar-refractivity contribution in [2.45, 2.75) is 0 Å². The quantitative estimate of drug-likeness (QED) is 0.296. The molecule has 32 valence electrons. The summed E-state index contributed by atoms with van der Waals surface area (Å²) in [6.07, 6.45) is 0. The Bertz CT molecular complexity index is 58.7. The van der Waals surface area contributed by atoms with Crippen LogP contribution in [-0.4, -0.2) is 107 Å². The summed E-state index contributed by atoms with van der Waals surface area (Å²) in [7, 11) is -4.64. The molecule has 0 aliphatic heterocycles. The first-order chi connectivity index (χ1) is 2.00. The molecule has 0 aliphatic rings. The van der Waals surface area contributed by atoms with Crippen LogP contribution in [0.1, 0.15) is 0 Å². The Labute approximate surface area is 117 Å². The predicted molar refractivity (Wildman–Crippen MR) is 37.3 cm³/mol. The second kappa shape index (κ2) is 13.7. The molecule has 0 saturated carbocycles. The van der Waals surface area contributed by atoms with E-state index in [1.165, 1.54) is 0 Å². The largest absolute Gasteiger partial charge is 2.00 e. The van der Waals surface area contributed by atoms with Crippen molar-refractivity contribution in [3.05, 3.63) is 0 Å². The molecule has 0 amide bonds. The summed E-state index contributed by atoms with van der Waals surface area (Å²) in [5.74, 6) is 0. The Hall–Kier alpha value is 3.17. The van der Waals surface area contributed by atoms with E-state index in [4.69, 9.17) is 19.2 Å². The number of hydrogen-bond acceptors (Lipinski definition) is 1. The molecule has 0 aromatic rings. The fourth-order valence-electron chi connectivity index (χ4n) is 0. The molecule has 0 bridgehead atoms. The molecule has 0 heterocycles. The van der Waals surface area contributed by atoms with E-state index < -0.39 is 7.82 Å². The van der Waals surface area contributed by atoms with E-state index in [2.05, 4.69) is 0 Å². The third-order valence-corrected chi connectivity index (χ3v) is 0. The molecule has 0 radical (unpaired) electrons. The molecule has 0 aromatic carbocycles. The Morgan fingerprint density at radius 3 is 0.778 bits per heavy atom. The molecule has 4 nitrogen and oxygen atoms in total. The molecule has 0 atom stereocenters.